The van der Waals surface area contributed by atoms with Gasteiger partial charge in [0.1, 0.15) is 11.5 Å². The molecule has 0 aliphatic heterocycles. The molecule has 4 heterocycles. The molecule has 0 aliphatic rings. The standard InChI is InChI=1S/C54H67N3O2S2/c1-4-7-10-13-16-19-32-57-40-43-39-46-53(50(47-30-24-35-60-47)49(43)54(57)48-31-25-36-61-48)56-52(42-27-23-29-45(38-42)59-34-21-18-15-12-9-6-3)51(55-46)41-26-22-28-44(37-41)58-33-20-17-14-11-8-5-2/h22-31,35-40H,4-21,32-34H2,1-3H3. The molecule has 0 aliphatic carbocycles. The Hall–Kier alpha value is -4.46. The molecule has 0 spiro atoms. The molecule has 0 atom stereocenters. The van der Waals surface area contributed by atoms with Gasteiger partial charge in [0.05, 0.1) is 46.2 Å². The number of benzene rings is 3. The van der Waals surface area contributed by atoms with E-state index in [9.17, 15) is 0 Å². The maximum Gasteiger partial charge on any atom is 0.119 e. The van der Waals surface area contributed by atoms with E-state index in [2.05, 4.69) is 121 Å². The second-order valence-electron chi connectivity index (χ2n) is 16.7. The zero-order valence-corrected chi connectivity index (χ0v) is 38.7. The van der Waals surface area contributed by atoms with Gasteiger partial charge >= 0.3 is 0 Å². The van der Waals surface area contributed by atoms with Gasteiger partial charge in [-0.3, -0.25) is 0 Å². The van der Waals surface area contributed by atoms with Gasteiger partial charge in [0.15, 0.2) is 0 Å². The lowest BCUT2D eigenvalue weighted by molar-refractivity contribution is 0.304. The summed E-state index contributed by atoms with van der Waals surface area (Å²) in [6.45, 7) is 9.24. The van der Waals surface area contributed by atoms with Crippen molar-refractivity contribution in [1.82, 2.24) is 14.5 Å². The number of aromatic nitrogens is 3. The van der Waals surface area contributed by atoms with Crippen molar-refractivity contribution in [2.24, 2.45) is 0 Å². The Morgan fingerprint density at radius 2 is 1.05 bits per heavy atom. The van der Waals surface area contributed by atoms with Crippen LogP contribution in [0.4, 0.5) is 0 Å². The highest BCUT2D eigenvalue weighted by Gasteiger charge is 2.24. The van der Waals surface area contributed by atoms with Crippen LogP contribution in [-0.2, 0) is 6.54 Å². The first-order valence-electron chi connectivity index (χ1n) is 23.6. The van der Waals surface area contributed by atoms with Crippen molar-refractivity contribution in [2.75, 3.05) is 13.2 Å². The minimum absolute atomic E-state index is 0.714. The molecule has 0 saturated heterocycles. The number of nitrogens with zero attached hydrogens (tertiary/aromatic N) is 3. The van der Waals surface area contributed by atoms with Crippen molar-refractivity contribution in [2.45, 2.75) is 143 Å². The Morgan fingerprint density at radius 3 is 1.61 bits per heavy atom. The lowest BCUT2D eigenvalue weighted by Gasteiger charge is -2.16. The van der Waals surface area contributed by atoms with E-state index >= 15 is 0 Å². The number of aryl methyl sites for hydroxylation is 1. The minimum atomic E-state index is 0.714. The highest BCUT2D eigenvalue weighted by Crippen LogP contribution is 2.46. The molecule has 0 amide bonds. The first kappa shape index (κ1) is 44.6. The van der Waals surface area contributed by atoms with Crippen LogP contribution in [0.15, 0.2) is 95.8 Å². The number of hydrogen-bond acceptors (Lipinski definition) is 6. The predicted molar refractivity (Wildman–Crippen MR) is 264 cm³/mol. The fourth-order valence-corrected chi connectivity index (χ4v) is 10.1. The van der Waals surface area contributed by atoms with Gasteiger partial charge in [-0.15, -0.1) is 22.7 Å². The van der Waals surface area contributed by atoms with Gasteiger partial charge in [0.2, 0.25) is 0 Å². The maximum absolute atomic E-state index is 6.40. The van der Waals surface area contributed by atoms with Crippen LogP contribution >= 0.6 is 22.7 Å². The van der Waals surface area contributed by atoms with E-state index in [0.717, 1.165) is 70.9 Å². The molecule has 61 heavy (non-hydrogen) atoms. The summed E-state index contributed by atoms with van der Waals surface area (Å²) in [6, 6.07) is 28.1. The lowest BCUT2D eigenvalue weighted by atomic mass is 9.99. The average molecular weight is 854 g/mol. The Labute approximate surface area is 373 Å². The van der Waals surface area contributed by atoms with Crippen molar-refractivity contribution in [3.05, 3.63) is 95.8 Å². The van der Waals surface area contributed by atoms with E-state index in [4.69, 9.17) is 19.4 Å². The van der Waals surface area contributed by atoms with Crippen LogP contribution in [0.25, 0.3) is 65.3 Å². The van der Waals surface area contributed by atoms with Crippen molar-refractivity contribution in [3.63, 3.8) is 0 Å². The second-order valence-corrected chi connectivity index (χ2v) is 18.6. The summed E-state index contributed by atoms with van der Waals surface area (Å²) in [5.41, 5.74) is 7.99. The molecule has 7 heteroatoms. The van der Waals surface area contributed by atoms with Gasteiger partial charge in [-0.2, -0.15) is 0 Å². The van der Waals surface area contributed by atoms with Gasteiger partial charge in [-0.25, -0.2) is 9.97 Å². The fourth-order valence-electron chi connectivity index (χ4n) is 8.54. The summed E-state index contributed by atoms with van der Waals surface area (Å²) in [4.78, 5) is 13.8. The molecule has 0 unspecified atom stereocenters. The van der Waals surface area contributed by atoms with Crippen molar-refractivity contribution in [3.8, 4) is 55.0 Å². The van der Waals surface area contributed by atoms with Gasteiger partial charge in [0.25, 0.3) is 0 Å². The quantitative estimate of drug-likeness (QED) is 0.0484. The first-order chi connectivity index (χ1) is 30.2. The number of ether oxygens (including phenoxy) is 2. The summed E-state index contributed by atoms with van der Waals surface area (Å²) in [5.74, 6) is 1.74. The summed E-state index contributed by atoms with van der Waals surface area (Å²) >= 11 is 3.60. The zero-order valence-electron chi connectivity index (χ0n) is 37.1. The Morgan fingerprint density at radius 1 is 0.525 bits per heavy atom. The predicted octanol–water partition coefficient (Wildman–Crippen LogP) is 17.2. The lowest BCUT2D eigenvalue weighted by Crippen LogP contribution is -2.01. The van der Waals surface area contributed by atoms with Gasteiger partial charge < -0.3 is 14.0 Å². The van der Waals surface area contributed by atoms with Crippen LogP contribution in [0.1, 0.15) is 136 Å². The number of hydrogen-bond donors (Lipinski definition) is 0. The third-order valence-corrected chi connectivity index (χ3v) is 13.6. The first-order valence-corrected chi connectivity index (χ1v) is 25.4. The topological polar surface area (TPSA) is 49.2 Å². The highest BCUT2D eigenvalue weighted by molar-refractivity contribution is 7.14. The Balaban J connectivity index is 1.32. The van der Waals surface area contributed by atoms with Crippen LogP contribution in [0, 0.1) is 0 Å². The summed E-state index contributed by atoms with van der Waals surface area (Å²) < 4.78 is 15.3. The average Bonchev–Trinajstić information content (AvgIpc) is 4.09. The summed E-state index contributed by atoms with van der Waals surface area (Å²) in [7, 11) is 0. The van der Waals surface area contributed by atoms with Crippen LogP contribution < -0.4 is 9.47 Å². The maximum atomic E-state index is 6.40. The molecular formula is C54H67N3O2S2. The van der Waals surface area contributed by atoms with Crippen LogP contribution in [-0.4, -0.2) is 27.7 Å². The highest BCUT2D eigenvalue weighted by atomic mass is 32.1. The van der Waals surface area contributed by atoms with E-state index < -0.39 is 0 Å². The number of fused-ring (bicyclic) bond motifs is 2. The summed E-state index contributed by atoms with van der Waals surface area (Å²) in [5, 5.41) is 6.85. The fraction of sp³-hybridized carbons (Fsp3) is 0.444. The second kappa shape index (κ2) is 23.7. The largest absolute Gasteiger partial charge is 0.494 e. The molecule has 0 fully saturated rings. The molecule has 0 bridgehead atoms. The van der Waals surface area contributed by atoms with Gasteiger partial charge in [-0.05, 0) is 72.5 Å². The van der Waals surface area contributed by atoms with E-state index in [1.165, 1.54) is 128 Å². The molecule has 322 valence electrons. The smallest absolute Gasteiger partial charge is 0.119 e. The van der Waals surface area contributed by atoms with E-state index in [0.29, 0.717) is 13.2 Å². The van der Waals surface area contributed by atoms with E-state index in [1.807, 2.05) is 11.3 Å². The zero-order chi connectivity index (χ0) is 42.1. The summed E-state index contributed by atoms with van der Waals surface area (Å²) in [6.07, 6.45) is 24.8. The molecule has 0 N–H and O–H groups in total. The normalized spacial score (nSPS) is 11.6. The SMILES string of the molecule is CCCCCCCCOc1cccc(-c2nc3cc4cn(CCCCCCCC)c(-c5cccs5)c4c(-c4cccs4)c3nc2-c2cccc(OCCCCCCCC)c2)c1. The molecule has 0 radical (unpaired) electrons. The number of unbranched alkanes of at least 4 members (excludes halogenated alkanes) is 15. The molecule has 0 saturated carbocycles. The molecule has 7 rings (SSSR count). The van der Waals surface area contributed by atoms with Crippen LogP contribution in [0.5, 0.6) is 11.5 Å². The molecule has 4 aromatic heterocycles. The Kier molecular flexibility index (Phi) is 17.3. The minimum Gasteiger partial charge on any atom is -0.494 e. The van der Waals surface area contributed by atoms with Gasteiger partial charge in [0, 0.05) is 45.1 Å². The third-order valence-electron chi connectivity index (χ3n) is 11.8. The van der Waals surface area contributed by atoms with E-state index in [1.54, 1.807) is 11.3 Å². The van der Waals surface area contributed by atoms with Crippen LogP contribution in [0.3, 0.4) is 0 Å². The molecule has 3 aromatic carbocycles. The van der Waals surface area contributed by atoms with Crippen molar-refractivity contribution in [1.29, 1.82) is 0 Å². The monoisotopic (exact) mass is 853 g/mol. The van der Waals surface area contributed by atoms with Crippen molar-refractivity contribution >= 4 is 44.5 Å². The molecule has 7 aromatic rings. The van der Waals surface area contributed by atoms with Crippen LogP contribution in [0.2, 0.25) is 0 Å². The Bertz CT molecular complexity index is 2360. The van der Waals surface area contributed by atoms with E-state index in [-0.39, 0.29) is 0 Å². The third kappa shape index (κ3) is 11.9. The molecular weight excluding hydrogens is 787 g/mol. The van der Waals surface area contributed by atoms with Crippen molar-refractivity contribution < 1.29 is 9.47 Å². The number of thiophene rings is 2. The van der Waals surface area contributed by atoms with Gasteiger partial charge in [-0.1, -0.05) is 153 Å². The number of rotatable bonds is 27. The molecule has 5 nitrogen and oxygen atoms in total.